The molecular weight excluding hydrogens is 105 g/mol. The third-order valence-corrected chi connectivity index (χ3v) is 0. The van der Waals surface area contributed by atoms with Crippen LogP contribution in [0.3, 0.4) is 0 Å². The van der Waals surface area contributed by atoms with Gasteiger partial charge in [0.05, 0.1) is 0 Å². The predicted octanol–water partition coefficient (Wildman–Crippen LogP) is 2.59. The van der Waals surface area contributed by atoms with E-state index >= 15 is 0 Å². The van der Waals surface area contributed by atoms with E-state index in [1.165, 1.54) is 0 Å². The van der Waals surface area contributed by atoms with Gasteiger partial charge < -0.3 is 0 Å². The Morgan fingerprint density at radius 1 is 1.00 bits per heavy atom. The number of alkyl halides is 3. The summed E-state index contributed by atoms with van der Waals surface area (Å²) in [5.74, 6) is 0. The van der Waals surface area contributed by atoms with Crippen LogP contribution in [0.1, 0.15) is 20.8 Å². The Labute approximate surface area is 41.3 Å². The summed E-state index contributed by atoms with van der Waals surface area (Å²) in [5.41, 5.74) is 0. The zero-order valence-corrected chi connectivity index (χ0v) is 4.63. The Morgan fingerprint density at radius 3 is 1.00 bits per heavy atom. The minimum Gasteiger partial charge on any atom is -0.172 e. The normalized spacial score (nSPS) is 9.43. The largest absolute Gasteiger partial charge is 0.386 e. The molecule has 0 rings (SSSR count). The Hall–Kier alpha value is -0.210. The second-order valence-corrected chi connectivity index (χ2v) is 0.781. The van der Waals surface area contributed by atoms with Crippen molar-refractivity contribution < 1.29 is 13.2 Å². The van der Waals surface area contributed by atoms with Crippen LogP contribution < -0.4 is 0 Å². The molecule has 0 aliphatic carbocycles. The molecule has 0 aromatic heterocycles. The summed E-state index contributed by atoms with van der Waals surface area (Å²) in [4.78, 5) is 0. The topological polar surface area (TPSA) is 0 Å². The molecule has 0 N–H and O–H groups in total. The summed E-state index contributed by atoms with van der Waals surface area (Å²) in [6.07, 6.45) is -4.00. The summed E-state index contributed by atoms with van der Waals surface area (Å²) < 4.78 is 31.1. The molecule has 0 amide bonds. The molecule has 0 aliphatic heterocycles. The van der Waals surface area contributed by atoms with Gasteiger partial charge in [-0.1, -0.05) is 13.8 Å². The zero-order valence-electron chi connectivity index (χ0n) is 4.63. The molecule has 0 heterocycles. The summed E-state index contributed by atoms with van der Waals surface area (Å²) >= 11 is 0. The Balaban J connectivity index is 0. The monoisotopic (exact) mass is 114 g/mol. The number of hydrogen-bond donors (Lipinski definition) is 0. The smallest absolute Gasteiger partial charge is 0.172 e. The maximum Gasteiger partial charge on any atom is 0.386 e. The van der Waals surface area contributed by atoms with Crippen LogP contribution in [0.5, 0.6) is 0 Å². The molecule has 0 fully saturated rings. The SMILES string of the molecule is CC.CC(F)(F)F. The number of halogens is 3. The highest BCUT2D eigenvalue weighted by atomic mass is 19.4. The maximum atomic E-state index is 10.4. The Morgan fingerprint density at radius 2 is 1.00 bits per heavy atom. The fraction of sp³-hybridized carbons (Fsp3) is 1.00. The van der Waals surface area contributed by atoms with Crippen molar-refractivity contribution in [3.8, 4) is 0 Å². The van der Waals surface area contributed by atoms with Gasteiger partial charge in [-0.15, -0.1) is 0 Å². The molecule has 0 aromatic rings. The van der Waals surface area contributed by atoms with Crippen LogP contribution in [0.15, 0.2) is 0 Å². The lowest BCUT2D eigenvalue weighted by Gasteiger charge is -1.88. The molecule has 0 saturated carbocycles. The van der Waals surface area contributed by atoms with E-state index in [1.807, 2.05) is 13.8 Å². The zero-order chi connectivity index (χ0) is 6.50. The highest BCUT2D eigenvalue weighted by Crippen LogP contribution is 2.10. The van der Waals surface area contributed by atoms with Gasteiger partial charge >= 0.3 is 6.18 Å². The summed E-state index contributed by atoms with van der Waals surface area (Å²) in [6.45, 7) is 4.19. The van der Waals surface area contributed by atoms with Crippen molar-refractivity contribution in [2.45, 2.75) is 26.9 Å². The second kappa shape index (κ2) is 3.96. The van der Waals surface area contributed by atoms with Crippen LogP contribution >= 0.6 is 0 Å². The minimum absolute atomic E-state index is 0.188. The highest BCUT2D eigenvalue weighted by Gasteiger charge is 2.15. The van der Waals surface area contributed by atoms with Crippen LogP contribution in [-0.2, 0) is 0 Å². The standard InChI is InChI=1S/C2H3F3.C2H6/c1-2(3,4)5;1-2/h1H3;1-2H3. The molecule has 3 heteroatoms. The first kappa shape index (κ1) is 9.92. The molecule has 0 aliphatic rings. The summed E-state index contributed by atoms with van der Waals surface area (Å²) in [6, 6.07) is 0. The van der Waals surface area contributed by atoms with Gasteiger partial charge in [0.2, 0.25) is 0 Å². The molecule has 0 unspecified atom stereocenters. The lowest BCUT2D eigenvalue weighted by atomic mass is 10.8. The molecule has 0 bridgehead atoms. The van der Waals surface area contributed by atoms with E-state index in [4.69, 9.17) is 0 Å². The second-order valence-electron chi connectivity index (χ2n) is 0.781. The van der Waals surface area contributed by atoms with Crippen molar-refractivity contribution in [1.82, 2.24) is 0 Å². The third kappa shape index (κ3) is 1890. The lowest BCUT2D eigenvalue weighted by Crippen LogP contribution is -1.95. The van der Waals surface area contributed by atoms with Crippen molar-refractivity contribution in [3.63, 3.8) is 0 Å². The Kier molecular flexibility index (Phi) is 5.62. The van der Waals surface area contributed by atoms with Crippen LogP contribution in [-0.4, -0.2) is 6.18 Å². The molecule has 0 saturated heterocycles. The van der Waals surface area contributed by atoms with Gasteiger partial charge in [-0.3, -0.25) is 0 Å². The van der Waals surface area contributed by atoms with Crippen LogP contribution in [0.25, 0.3) is 0 Å². The van der Waals surface area contributed by atoms with Crippen LogP contribution in [0.4, 0.5) is 13.2 Å². The van der Waals surface area contributed by atoms with Crippen molar-refractivity contribution in [3.05, 3.63) is 0 Å². The molecule has 0 atom stereocenters. The van der Waals surface area contributed by atoms with Crippen LogP contribution in [0, 0.1) is 0 Å². The van der Waals surface area contributed by atoms with E-state index in [2.05, 4.69) is 0 Å². The molecule has 0 spiro atoms. The first-order chi connectivity index (χ1) is 3.00. The first-order valence-electron chi connectivity index (χ1n) is 2.07. The van der Waals surface area contributed by atoms with E-state index in [1.54, 1.807) is 0 Å². The average molecular weight is 114 g/mol. The van der Waals surface area contributed by atoms with Gasteiger partial charge in [0.1, 0.15) is 0 Å². The summed E-state index contributed by atoms with van der Waals surface area (Å²) in [7, 11) is 0. The molecule has 46 valence electrons. The van der Waals surface area contributed by atoms with Crippen molar-refractivity contribution in [1.29, 1.82) is 0 Å². The van der Waals surface area contributed by atoms with Gasteiger partial charge in [0, 0.05) is 6.92 Å². The van der Waals surface area contributed by atoms with Gasteiger partial charge in [0.15, 0.2) is 0 Å². The van der Waals surface area contributed by atoms with Crippen LogP contribution in [0.2, 0.25) is 0 Å². The van der Waals surface area contributed by atoms with E-state index < -0.39 is 6.18 Å². The lowest BCUT2D eigenvalue weighted by molar-refractivity contribution is -0.110. The van der Waals surface area contributed by atoms with Crippen molar-refractivity contribution >= 4 is 0 Å². The van der Waals surface area contributed by atoms with Gasteiger partial charge in [0.25, 0.3) is 0 Å². The van der Waals surface area contributed by atoms with Crippen molar-refractivity contribution in [2.24, 2.45) is 0 Å². The van der Waals surface area contributed by atoms with E-state index in [9.17, 15) is 13.2 Å². The van der Waals surface area contributed by atoms with E-state index in [0.29, 0.717) is 0 Å². The van der Waals surface area contributed by atoms with E-state index in [0.717, 1.165) is 0 Å². The minimum atomic E-state index is -4.00. The van der Waals surface area contributed by atoms with Gasteiger partial charge in [-0.25, -0.2) is 0 Å². The predicted molar refractivity (Wildman–Crippen MR) is 23.1 cm³/mol. The van der Waals surface area contributed by atoms with Crippen molar-refractivity contribution in [2.75, 3.05) is 0 Å². The Bertz CT molecular complexity index is 22.4. The number of rotatable bonds is 0. The molecule has 0 radical (unpaired) electrons. The summed E-state index contributed by atoms with van der Waals surface area (Å²) in [5, 5.41) is 0. The van der Waals surface area contributed by atoms with E-state index in [-0.39, 0.29) is 6.92 Å². The number of hydrogen-bond acceptors (Lipinski definition) is 0. The van der Waals surface area contributed by atoms with Gasteiger partial charge in [-0.2, -0.15) is 13.2 Å². The fourth-order valence-electron chi connectivity index (χ4n) is 0. The third-order valence-electron chi connectivity index (χ3n) is 0. The molecule has 0 aromatic carbocycles. The fourth-order valence-corrected chi connectivity index (χ4v) is 0. The maximum absolute atomic E-state index is 10.4. The molecule has 0 nitrogen and oxygen atoms in total. The quantitative estimate of drug-likeness (QED) is 0.454. The average Bonchev–Trinajstić information content (AvgIpc) is 1.36. The molecule has 7 heavy (non-hydrogen) atoms. The highest BCUT2D eigenvalue weighted by molar-refractivity contribution is 4.26. The molecular formula is C4H9F3. The first-order valence-corrected chi connectivity index (χ1v) is 2.07. The van der Waals surface area contributed by atoms with Gasteiger partial charge in [-0.05, 0) is 0 Å².